The minimum absolute atomic E-state index is 0.0708. The van der Waals surface area contributed by atoms with E-state index in [4.69, 9.17) is 5.73 Å². The van der Waals surface area contributed by atoms with Crippen molar-refractivity contribution in [3.63, 3.8) is 0 Å². The number of sulfonamides is 1. The predicted octanol–water partition coefficient (Wildman–Crippen LogP) is 1.29. The topological polar surface area (TPSA) is 116 Å². The molecular weight excluding hydrogens is 330 g/mol. The zero-order valence-corrected chi connectivity index (χ0v) is 14.1. The summed E-state index contributed by atoms with van der Waals surface area (Å²) in [6, 6.07) is 5.22. The quantitative estimate of drug-likeness (QED) is 0.725. The van der Waals surface area contributed by atoms with Gasteiger partial charge in [0.05, 0.1) is 5.75 Å². The molecule has 0 radical (unpaired) electrons. The molecule has 7 nitrogen and oxygen atoms in total. The van der Waals surface area contributed by atoms with Gasteiger partial charge >= 0.3 is 5.97 Å². The van der Waals surface area contributed by atoms with Crippen LogP contribution in [0.2, 0.25) is 0 Å². The lowest BCUT2D eigenvalue weighted by molar-refractivity contribution is 0.0690. The SMILES string of the molecule is NCCc1c(C(=O)O)[nH]c2ccc(CS(=O)(=O)N3CCCC3)cc12. The molecule has 0 unspecified atom stereocenters. The van der Waals surface area contributed by atoms with Crippen LogP contribution >= 0.6 is 0 Å². The normalized spacial score (nSPS) is 16.0. The molecule has 2 aromatic rings. The van der Waals surface area contributed by atoms with E-state index in [1.807, 2.05) is 0 Å². The fraction of sp³-hybridized carbons (Fsp3) is 0.438. The van der Waals surface area contributed by atoms with Gasteiger partial charge in [-0.05, 0) is 49.1 Å². The lowest BCUT2D eigenvalue weighted by Gasteiger charge is -2.15. The first-order valence-corrected chi connectivity index (χ1v) is 9.58. The van der Waals surface area contributed by atoms with Gasteiger partial charge in [0.15, 0.2) is 0 Å². The van der Waals surface area contributed by atoms with Crippen LogP contribution in [0, 0.1) is 0 Å². The van der Waals surface area contributed by atoms with Crippen molar-refractivity contribution in [2.75, 3.05) is 19.6 Å². The molecule has 1 aromatic carbocycles. The Labute approximate surface area is 140 Å². The number of fused-ring (bicyclic) bond motifs is 1. The van der Waals surface area contributed by atoms with Crippen molar-refractivity contribution in [2.24, 2.45) is 5.73 Å². The third kappa shape index (κ3) is 3.17. The number of nitrogens with zero attached hydrogens (tertiary/aromatic N) is 1. The van der Waals surface area contributed by atoms with Crippen molar-refractivity contribution in [1.29, 1.82) is 0 Å². The van der Waals surface area contributed by atoms with Crippen LogP contribution in [0.15, 0.2) is 18.2 Å². The minimum Gasteiger partial charge on any atom is -0.477 e. The third-order valence-electron chi connectivity index (χ3n) is 4.39. The van der Waals surface area contributed by atoms with E-state index >= 15 is 0 Å². The Bertz CT molecular complexity index is 867. The van der Waals surface area contributed by atoms with Crippen LogP contribution < -0.4 is 5.73 Å². The Kier molecular flexibility index (Phi) is 4.62. The lowest BCUT2D eigenvalue weighted by atomic mass is 10.1. The summed E-state index contributed by atoms with van der Waals surface area (Å²) in [4.78, 5) is 14.3. The Morgan fingerprint density at radius 3 is 2.62 bits per heavy atom. The highest BCUT2D eigenvalue weighted by Gasteiger charge is 2.26. The number of carbonyl (C=O) groups is 1. The molecule has 3 rings (SSSR count). The number of benzene rings is 1. The van der Waals surface area contributed by atoms with Crippen molar-refractivity contribution < 1.29 is 18.3 Å². The average Bonchev–Trinajstić information content (AvgIpc) is 3.16. The summed E-state index contributed by atoms with van der Waals surface area (Å²) in [5.41, 5.74) is 7.67. The van der Waals surface area contributed by atoms with Crippen LogP contribution in [-0.2, 0) is 22.2 Å². The molecule has 0 amide bonds. The molecular formula is C16H21N3O4S. The Morgan fingerprint density at radius 1 is 1.29 bits per heavy atom. The summed E-state index contributed by atoms with van der Waals surface area (Å²) in [7, 11) is -3.33. The van der Waals surface area contributed by atoms with Crippen LogP contribution in [0.4, 0.5) is 0 Å². The van der Waals surface area contributed by atoms with Gasteiger partial charge in [0.1, 0.15) is 5.69 Å². The van der Waals surface area contributed by atoms with E-state index in [9.17, 15) is 18.3 Å². The van der Waals surface area contributed by atoms with Gasteiger partial charge < -0.3 is 15.8 Å². The number of nitrogens with one attached hydrogen (secondary N) is 1. The number of H-pyrrole nitrogens is 1. The van der Waals surface area contributed by atoms with E-state index in [0.717, 1.165) is 18.2 Å². The molecule has 0 saturated carbocycles. The second-order valence-corrected chi connectivity index (χ2v) is 8.03. The summed E-state index contributed by atoms with van der Waals surface area (Å²) >= 11 is 0. The first-order valence-electron chi connectivity index (χ1n) is 7.97. The first kappa shape index (κ1) is 16.9. The number of aromatic carboxylic acids is 1. The molecule has 1 aliphatic heterocycles. The second-order valence-electron chi connectivity index (χ2n) is 6.06. The van der Waals surface area contributed by atoms with Gasteiger partial charge in [-0.1, -0.05) is 6.07 Å². The number of hydrogen-bond acceptors (Lipinski definition) is 4. The van der Waals surface area contributed by atoms with Gasteiger partial charge in [0, 0.05) is 24.0 Å². The summed E-state index contributed by atoms with van der Waals surface area (Å²) in [6.07, 6.45) is 2.22. The van der Waals surface area contributed by atoms with Crippen molar-refractivity contribution in [3.8, 4) is 0 Å². The average molecular weight is 351 g/mol. The van der Waals surface area contributed by atoms with Crippen LogP contribution in [-0.4, -0.2) is 48.4 Å². The van der Waals surface area contributed by atoms with E-state index in [1.165, 1.54) is 4.31 Å². The Balaban J connectivity index is 1.98. The summed E-state index contributed by atoms with van der Waals surface area (Å²) < 4.78 is 26.5. The van der Waals surface area contributed by atoms with E-state index in [2.05, 4.69) is 4.98 Å². The number of carboxylic acids is 1. The smallest absolute Gasteiger partial charge is 0.352 e. The highest BCUT2D eigenvalue weighted by Crippen LogP contribution is 2.26. The fourth-order valence-electron chi connectivity index (χ4n) is 3.24. The molecule has 1 aromatic heterocycles. The molecule has 0 spiro atoms. The van der Waals surface area contributed by atoms with E-state index in [0.29, 0.717) is 42.7 Å². The van der Waals surface area contributed by atoms with E-state index in [-0.39, 0.29) is 11.4 Å². The molecule has 24 heavy (non-hydrogen) atoms. The molecule has 0 atom stereocenters. The Hall–Kier alpha value is -1.90. The number of rotatable bonds is 6. The Morgan fingerprint density at radius 2 is 2.00 bits per heavy atom. The number of aromatic amines is 1. The summed E-state index contributed by atoms with van der Waals surface area (Å²) in [6.45, 7) is 1.48. The minimum atomic E-state index is -3.33. The molecule has 8 heteroatoms. The molecule has 1 saturated heterocycles. The lowest BCUT2D eigenvalue weighted by Crippen LogP contribution is -2.29. The maximum Gasteiger partial charge on any atom is 0.352 e. The number of aromatic nitrogens is 1. The largest absolute Gasteiger partial charge is 0.477 e. The molecule has 0 bridgehead atoms. The zero-order valence-electron chi connectivity index (χ0n) is 13.3. The van der Waals surface area contributed by atoms with Crippen LogP contribution in [0.5, 0.6) is 0 Å². The number of hydrogen-bond donors (Lipinski definition) is 3. The van der Waals surface area contributed by atoms with Gasteiger partial charge in [-0.15, -0.1) is 0 Å². The zero-order chi connectivity index (χ0) is 17.3. The van der Waals surface area contributed by atoms with Crippen molar-refractivity contribution in [2.45, 2.75) is 25.0 Å². The molecule has 1 aliphatic rings. The predicted molar refractivity (Wildman–Crippen MR) is 91.4 cm³/mol. The monoisotopic (exact) mass is 351 g/mol. The maximum absolute atomic E-state index is 12.5. The second kappa shape index (κ2) is 6.54. The molecule has 2 heterocycles. The van der Waals surface area contributed by atoms with Crippen LogP contribution in [0.1, 0.15) is 34.5 Å². The molecule has 1 fully saturated rings. The highest BCUT2D eigenvalue weighted by atomic mass is 32.2. The van der Waals surface area contributed by atoms with Crippen LogP contribution in [0.25, 0.3) is 10.9 Å². The van der Waals surface area contributed by atoms with Crippen molar-refractivity contribution >= 4 is 26.9 Å². The van der Waals surface area contributed by atoms with Crippen molar-refractivity contribution in [1.82, 2.24) is 9.29 Å². The molecule has 4 N–H and O–H groups in total. The highest BCUT2D eigenvalue weighted by molar-refractivity contribution is 7.88. The van der Waals surface area contributed by atoms with E-state index < -0.39 is 16.0 Å². The third-order valence-corrected chi connectivity index (χ3v) is 6.24. The standard InChI is InChI=1S/C16H21N3O4S/c17-6-5-12-13-9-11(3-4-14(13)18-15(12)16(20)21)10-24(22,23)19-7-1-2-8-19/h3-4,9,18H,1-2,5-8,10,17H2,(H,20,21). The van der Waals surface area contributed by atoms with Gasteiger partial charge in [-0.3, -0.25) is 0 Å². The van der Waals surface area contributed by atoms with Gasteiger partial charge in [0.2, 0.25) is 10.0 Å². The van der Waals surface area contributed by atoms with Crippen molar-refractivity contribution in [3.05, 3.63) is 35.0 Å². The maximum atomic E-state index is 12.5. The number of carboxylic acid groups (broad SMARTS) is 1. The number of nitrogens with two attached hydrogens (primary N) is 1. The molecule has 0 aliphatic carbocycles. The first-order chi connectivity index (χ1) is 11.4. The van der Waals surface area contributed by atoms with Gasteiger partial charge in [-0.25, -0.2) is 17.5 Å². The summed E-state index contributed by atoms with van der Waals surface area (Å²) in [5.74, 6) is -1.11. The summed E-state index contributed by atoms with van der Waals surface area (Å²) in [5, 5.41) is 10.0. The van der Waals surface area contributed by atoms with Gasteiger partial charge in [0.25, 0.3) is 0 Å². The van der Waals surface area contributed by atoms with E-state index in [1.54, 1.807) is 18.2 Å². The fourth-order valence-corrected chi connectivity index (χ4v) is 4.84. The van der Waals surface area contributed by atoms with Gasteiger partial charge in [-0.2, -0.15) is 0 Å². The van der Waals surface area contributed by atoms with Crippen LogP contribution in [0.3, 0.4) is 0 Å². The molecule has 130 valence electrons.